The van der Waals surface area contributed by atoms with Gasteiger partial charge in [0.15, 0.2) is 0 Å². The van der Waals surface area contributed by atoms with Crippen LogP contribution < -0.4 is 4.31 Å². The van der Waals surface area contributed by atoms with Gasteiger partial charge in [0, 0.05) is 58.4 Å². The van der Waals surface area contributed by atoms with E-state index in [-0.39, 0.29) is 32.2 Å². The number of nitrogens with one attached hydrogen (secondary N) is 1. The number of nitrogens with zero attached hydrogens (tertiary/aromatic N) is 3. The first-order valence-electron chi connectivity index (χ1n) is 15.4. The van der Waals surface area contributed by atoms with E-state index in [1.807, 2.05) is 20.8 Å². The van der Waals surface area contributed by atoms with Crippen molar-refractivity contribution in [2.24, 2.45) is 5.92 Å². The SMILES string of the molecule is CC(C)(C)OC(=O)N1CCCC(CN2Cc3cc(Cl)c4c(Cl)c(CCCC(=O)O)[nH]c4c3N(COCC[Si](C)(C)C)S2(=O)=O)C1. The highest BCUT2D eigenvalue weighted by Gasteiger charge is 2.41. The van der Waals surface area contributed by atoms with Gasteiger partial charge in [-0.1, -0.05) is 42.8 Å². The van der Waals surface area contributed by atoms with E-state index in [2.05, 4.69) is 24.6 Å². The summed E-state index contributed by atoms with van der Waals surface area (Å²) >= 11 is 13.5. The number of aryl methyl sites for hydroxylation is 1. The van der Waals surface area contributed by atoms with Crippen LogP contribution in [0.25, 0.3) is 10.9 Å². The molecule has 1 aromatic carbocycles. The monoisotopic (exact) mass is 704 g/mol. The van der Waals surface area contributed by atoms with Crippen molar-refractivity contribution in [3.05, 3.63) is 27.4 Å². The van der Waals surface area contributed by atoms with Crippen LogP contribution in [0, 0.1) is 5.92 Å². The van der Waals surface area contributed by atoms with Gasteiger partial charge < -0.3 is 24.5 Å². The zero-order valence-corrected chi connectivity index (χ0v) is 30.4. The van der Waals surface area contributed by atoms with Gasteiger partial charge in [-0.3, -0.25) is 4.79 Å². The molecule has 252 valence electrons. The number of aromatic amines is 1. The first-order chi connectivity index (χ1) is 20.9. The first kappa shape index (κ1) is 35.8. The van der Waals surface area contributed by atoms with Crippen molar-refractivity contribution in [1.29, 1.82) is 0 Å². The van der Waals surface area contributed by atoms with E-state index in [1.165, 1.54) is 8.61 Å². The minimum absolute atomic E-state index is 0.0234. The number of aromatic nitrogens is 1. The quantitative estimate of drug-likeness (QED) is 0.196. The van der Waals surface area contributed by atoms with Gasteiger partial charge in [0.2, 0.25) is 0 Å². The molecular formula is C30H46Cl2N4O7SSi. The van der Waals surface area contributed by atoms with Crippen LogP contribution in [0.4, 0.5) is 10.5 Å². The molecule has 1 fully saturated rings. The number of aliphatic carboxylic acids is 1. The summed E-state index contributed by atoms with van der Waals surface area (Å²) in [5, 5.41) is 10.3. The number of fused-ring (bicyclic) bond motifs is 3. The summed E-state index contributed by atoms with van der Waals surface area (Å²) in [5.41, 5.74) is 1.60. The minimum atomic E-state index is -4.06. The number of ether oxygens (including phenoxy) is 2. The maximum Gasteiger partial charge on any atom is 0.410 e. The average Bonchev–Trinajstić information content (AvgIpc) is 3.23. The topological polar surface area (TPSA) is 132 Å². The number of halogens is 2. The van der Waals surface area contributed by atoms with Gasteiger partial charge in [-0.2, -0.15) is 12.7 Å². The van der Waals surface area contributed by atoms with Crippen LogP contribution in [-0.2, 0) is 37.4 Å². The fourth-order valence-corrected chi connectivity index (χ4v) is 8.81. The Morgan fingerprint density at radius 1 is 1.20 bits per heavy atom. The van der Waals surface area contributed by atoms with Crippen molar-refractivity contribution in [3.8, 4) is 0 Å². The summed E-state index contributed by atoms with van der Waals surface area (Å²) in [6, 6.07) is 2.63. The molecule has 4 rings (SSSR count). The van der Waals surface area contributed by atoms with Crippen LogP contribution in [0.2, 0.25) is 35.7 Å². The maximum atomic E-state index is 14.3. The molecule has 0 spiro atoms. The van der Waals surface area contributed by atoms with E-state index in [0.29, 0.717) is 70.4 Å². The Labute approximate surface area is 277 Å². The summed E-state index contributed by atoms with van der Waals surface area (Å²) in [4.78, 5) is 28.8. The van der Waals surface area contributed by atoms with Gasteiger partial charge in [0.25, 0.3) is 0 Å². The zero-order valence-electron chi connectivity index (χ0n) is 27.0. The predicted molar refractivity (Wildman–Crippen MR) is 180 cm³/mol. The first-order valence-corrected chi connectivity index (χ1v) is 21.3. The van der Waals surface area contributed by atoms with E-state index in [1.54, 1.807) is 11.0 Å². The molecule has 0 saturated carbocycles. The Kier molecular flexibility index (Phi) is 11.1. The second kappa shape index (κ2) is 14.0. The Balaban J connectivity index is 1.67. The molecular weight excluding hydrogens is 659 g/mol. The Morgan fingerprint density at radius 2 is 1.91 bits per heavy atom. The lowest BCUT2D eigenvalue weighted by molar-refractivity contribution is -0.137. The van der Waals surface area contributed by atoms with Gasteiger partial charge in [-0.15, -0.1) is 0 Å². The summed E-state index contributed by atoms with van der Waals surface area (Å²) < 4.78 is 43.0. The molecule has 0 radical (unpaired) electrons. The highest BCUT2D eigenvalue weighted by molar-refractivity contribution is 7.90. The Morgan fingerprint density at radius 3 is 2.56 bits per heavy atom. The number of benzene rings is 1. The van der Waals surface area contributed by atoms with Crippen LogP contribution in [-0.4, -0.2) is 86.4 Å². The van der Waals surface area contributed by atoms with Gasteiger partial charge in [-0.25, -0.2) is 9.10 Å². The molecule has 1 saturated heterocycles. The van der Waals surface area contributed by atoms with Gasteiger partial charge in [-0.05, 0) is 70.0 Å². The molecule has 2 aromatic rings. The standard InChI is InChI=1S/C30H46Cl2N4O7SSi/c1-30(2,3)43-29(39)34-12-8-9-20(16-34)17-35-18-21-15-22(31)25-26(32)23(10-7-11-24(37)38)33-27(25)28(21)36(44(35,40)41)19-42-13-14-45(4,5)6/h15,20,33H,7-14,16-19H2,1-6H3,(H,37,38). The van der Waals surface area contributed by atoms with E-state index < -0.39 is 35.9 Å². The third-order valence-electron chi connectivity index (χ3n) is 7.95. The largest absolute Gasteiger partial charge is 0.481 e. The number of anilines is 1. The molecule has 2 N–H and O–H groups in total. The number of hydrogen-bond acceptors (Lipinski definition) is 6. The van der Waals surface area contributed by atoms with E-state index in [9.17, 15) is 18.0 Å². The second-order valence-corrected chi connectivity index (χ2v) is 22.5. The summed E-state index contributed by atoms with van der Waals surface area (Å²) in [6.07, 6.45) is 1.83. The number of carboxylic acids is 1. The molecule has 1 aromatic heterocycles. The van der Waals surface area contributed by atoms with Crippen LogP contribution in [0.3, 0.4) is 0 Å². The fourth-order valence-electron chi connectivity index (χ4n) is 5.72. The molecule has 2 aliphatic rings. The summed E-state index contributed by atoms with van der Waals surface area (Å²) in [6.45, 7) is 13.7. The average molecular weight is 706 g/mol. The minimum Gasteiger partial charge on any atom is -0.481 e. The van der Waals surface area contributed by atoms with Crippen LogP contribution in [0.1, 0.15) is 57.7 Å². The normalized spacial score (nSPS) is 19.2. The van der Waals surface area contributed by atoms with Crippen molar-refractivity contribution in [3.63, 3.8) is 0 Å². The predicted octanol–water partition coefficient (Wildman–Crippen LogP) is 6.71. The molecule has 3 heterocycles. The molecule has 0 bridgehead atoms. The Bertz CT molecular complexity index is 1520. The number of carbonyl (C=O) groups excluding carboxylic acids is 1. The number of amides is 1. The maximum absolute atomic E-state index is 14.3. The number of H-pyrrole nitrogens is 1. The van der Waals surface area contributed by atoms with Crippen LogP contribution in [0.5, 0.6) is 0 Å². The number of hydrogen-bond donors (Lipinski definition) is 2. The Hall–Kier alpha value is -2.03. The van der Waals surface area contributed by atoms with Gasteiger partial charge >= 0.3 is 22.3 Å². The van der Waals surface area contributed by atoms with Crippen LogP contribution >= 0.6 is 23.2 Å². The second-order valence-electron chi connectivity index (χ2n) is 14.2. The lowest BCUT2D eigenvalue weighted by Crippen LogP contribution is -2.52. The molecule has 1 amide bonds. The molecule has 15 heteroatoms. The van der Waals surface area contributed by atoms with Gasteiger partial charge in [0.1, 0.15) is 12.3 Å². The number of carboxylic acid groups (broad SMARTS) is 1. The van der Waals surface area contributed by atoms with Crippen molar-refractivity contribution < 1.29 is 32.6 Å². The smallest absolute Gasteiger partial charge is 0.410 e. The van der Waals surface area contributed by atoms with E-state index in [4.69, 9.17) is 37.8 Å². The summed E-state index contributed by atoms with van der Waals surface area (Å²) in [7, 11) is -5.49. The molecule has 1 atom stereocenters. The molecule has 0 aliphatic carbocycles. The van der Waals surface area contributed by atoms with Crippen molar-refractivity contribution in [2.75, 3.05) is 37.3 Å². The molecule has 45 heavy (non-hydrogen) atoms. The zero-order chi connectivity index (χ0) is 33.3. The van der Waals surface area contributed by atoms with Gasteiger partial charge in [0.05, 0.1) is 21.2 Å². The summed E-state index contributed by atoms with van der Waals surface area (Å²) in [5.74, 6) is -0.991. The third kappa shape index (κ3) is 8.86. The fraction of sp³-hybridized carbons (Fsp3) is 0.667. The molecule has 11 nitrogen and oxygen atoms in total. The van der Waals surface area contributed by atoms with Crippen LogP contribution in [0.15, 0.2) is 6.07 Å². The molecule has 1 unspecified atom stereocenters. The number of carbonyl (C=O) groups is 2. The number of piperidine rings is 1. The van der Waals surface area contributed by atoms with E-state index >= 15 is 0 Å². The highest BCUT2D eigenvalue weighted by Crippen LogP contribution is 2.45. The molecule has 2 aliphatic heterocycles. The van der Waals surface area contributed by atoms with E-state index in [0.717, 1.165) is 18.9 Å². The number of likely N-dealkylation sites (tertiary alicyclic amines) is 1. The van der Waals surface area contributed by atoms with Crippen molar-refractivity contribution >= 4 is 70.1 Å². The lowest BCUT2D eigenvalue weighted by Gasteiger charge is -2.40. The highest BCUT2D eigenvalue weighted by atomic mass is 35.5. The van der Waals surface area contributed by atoms with Crippen molar-refractivity contribution in [2.45, 2.75) is 90.7 Å². The third-order valence-corrected chi connectivity index (χ3v) is 12.1. The lowest BCUT2D eigenvalue weighted by atomic mass is 9.98. The van der Waals surface area contributed by atoms with Crippen molar-refractivity contribution in [1.82, 2.24) is 14.2 Å². The number of rotatable bonds is 11.